The van der Waals surface area contributed by atoms with Crippen molar-refractivity contribution in [1.29, 1.82) is 0 Å². The van der Waals surface area contributed by atoms with Gasteiger partial charge in [-0.3, -0.25) is 9.20 Å². The number of nitrogens with zero attached hydrogens (tertiary/aromatic N) is 4. The van der Waals surface area contributed by atoms with Crippen LogP contribution in [0.25, 0.3) is 16.9 Å². The normalized spacial score (nSPS) is 18.3. The van der Waals surface area contributed by atoms with Gasteiger partial charge in [0.2, 0.25) is 5.95 Å². The molecule has 1 amide bonds. The number of rotatable bonds is 4. The maximum atomic E-state index is 12.9. The highest BCUT2D eigenvalue weighted by molar-refractivity contribution is 6.04. The Bertz CT molecular complexity index is 1410. The summed E-state index contributed by atoms with van der Waals surface area (Å²) in [4.78, 5) is 25.5. The number of carbonyl (C=O) groups excluding carboxylic acids is 1. The molecule has 36 heavy (non-hydrogen) atoms. The number of alkyl halides is 3. The molecule has 1 fully saturated rings. The number of carbonyl (C=O) groups is 1. The summed E-state index contributed by atoms with van der Waals surface area (Å²) in [6.45, 7) is 0. The molecule has 0 atom stereocenters. The maximum Gasteiger partial charge on any atom is 0.416 e. The first kappa shape index (κ1) is 23.7. The van der Waals surface area contributed by atoms with Crippen LogP contribution in [0.4, 0.5) is 24.9 Å². The smallest absolute Gasteiger partial charge is 0.393 e. The minimum absolute atomic E-state index is 0.184. The van der Waals surface area contributed by atoms with Crippen molar-refractivity contribution in [3.8, 4) is 11.4 Å². The van der Waals surface area contributed by atoms with Crippen molar-refractivity contribution in [2.45, 2.75) is 43.9 Å². The minimum Gasteiger partial charge on any atom is -0.393 e. The van der Waals surface area contributed by atoms with Crippen molar-refractivity contribution in [2.24, 2.45) is 0 Å². The van der Waals surface area contributed by atoms with Crippen LogP contribution in [-0.2, 0) is 6.18 Å². The summed E-state index contributed by atoms with van der Waals surface area (Å²) >= 11 is 0. The second-order valence-electron chi connectivity index (χ2n) is 8.81. The summed E-state index contributed by atoms with van der Waals surface area (Å²) in [6.07, 6.45) is 0.862. The van der Waals surface area contributed by atoms with Crippen LogP contribution in [0.15, 0.2) is 54.9 Å². The third kappa shape index (κ3) is 4.61. The van der Waals surface area contributed by atoms with Crippen LogP contribution in [0, 0.1) is 0 Å². The molecule has 1 saturated carbocycles. The molecule has 11 heteroatoms. The van der Waals surface area contributed by atoms with E-state index in [2.05, 4.69) is 15.3 Å². The van der Waals surface area contributed by atoms with E-state index in [1.165, 1.54) is 0 Å². The zero-order chi connectivity index (χ0) is 25.4. The molecule has 1 aliphatic carbocycles. The predicted molar refractivity (Wildman–Crippen MR) is 127 cm³/mol. The Morgan fingerprint density at radius 1 is 1.03 bits per heavy atom. The van der Waals surface area contributed by atoms with Crippen LogP contribution in [0.2, 0.25) is 0 Å². The first-order valence-electron chi connectivity index (χ1n) is 11.5. The Morgan fingerprint density at radius 3 is 2.42 bits per heavy atom. The number of anilines is 2. The number of nitrogen functional groups attached to an aromatic ring is 1. The first-order chi connectivity index (χ1) is 17.2. The van der Waals surface area contributed by atoms with Gasteiger partial charge in [0.15, 0.2) is 0 Å². The number of aliphatic hydroxyl groups excluding tert-OH is 1. The van der Waals surface area contributed by atoms with Gasteiger partial charge < -0.3 is 16.2 Å². The molecule has 4 aromatic rings. The van der Waals surface area contributed by atoms with Crippen molar-refractivity contribution in [3.63, 3.8) is 0 Å². The maximum absolute atomic E-state index is 12.9. The van der Waals surface area contributed by atoms with Crippen LogP contribution in [-0.4, -0.2) is 36.5 Å². The van der Waals surface area contributed by atoms with E-state index in [4.69, 9.17) is 10.7 Å². The number of pyridine rings is 1. The molecule has 0 bridgehead atoms. The Morgan fingerprint density at radius 2 is 1.72 bits per heavy atom. The van der Waals surface area contributed by atoms with E-state index in [9.17, 15) is 23.1 Å². The molecule has 1 aliphatic rings. The highest BCUT2D eigenvalue weighted by Crippen LogP contribution is 2.37. The van der Waals surface area contributed by atoms with Gasteiger partial charge in [-0.15, -0.1) is 0 Å². The molecule has 3 heterocycles. The quantitative estimate of drug-likeness (QED) is 0.378. The van der Waals surface area contributed by atoms with Gasteiger partial charge in [0.05, 0.1) is 22.9 Å². The summed E-state index contributed by atoms with van der Waals surface area (Å²) in [5.74, 6) is 0.241. The Hall–Kier alpha value is -3.99. The SMILES string of the molecule is Nc1nccc2c(C3CCC(O)CC3)nc(-c3ccc(C(=O)Nc4cc(C(F)(F)F)ccn4)cc3)n12. The fourth-order valence-corrected chi connectivity index (χ4v) is 4.56. The predicted octanol–water partition coefficient (Wildman–Crippen LogP) is 4.66. The molecule has 0 saturated heterocycles. The topological polar surface area (TPSA) is 118 Å². The number of amides is 1. The molecule has 0 spiro atoms. The third-order valence-corrected chi connectivity index (χ3v) is 6.43. The Balaban J connectivity index is 1.42. The lowest BCUT2D eigenvalue weighted by Crippen LogP contribution is -2.17. The summed E-state index contributed by atoms with van der Waals surface area (Å²) in [5, 5.41) is 12.3. The van der Waals surface area contributed by atoms with Crippen molar-refractivity contribution >= 4 is 23.2 Å². The third-order valence-electron chi connectivity index (χ3n) is 6.43. The van der Waals surface area contributed by atoms with Gasteiger partial charge in [-0.25, -0.2) is 15.0 Å². The Labute approximate surface area is 204 Å². The molecule has 4 N–H and O–H groups in total. The number of hydrogen-bond acceptors (Lipinski definition) is 6. The number of imidazole rings is 1. The molecule has 0 unspecified atom stereocenters. The lowest BCUT2D eigenvalue weighted by atomic mass is 9.85. The van der Waals surface area contributed by atoms with E-state index < -0.39 is 17.6 Å². The summed E-state index contributed by atoms with van der Waals surface area (Å²) in [7, 11) is 0. The monoisotopic (exact) mass is 496 g/mol. The molecule has 3 aromatic heterocycles. The number of fused-ring (bicyclic) bond motifs is 1. The zero-order valence-electron chi connectivity index (χ0n) is 19.0. The van der Waals surface area contributed by atoms with Gasteiger partial charge in [0.25, 0.3) is 5.91 Å². The fraction of sp³-hybridized carbons (Fsp3) is 0.280. The molecular formula is C25H23F3N6O2. The number of aromatic nitrogens is 4. The van der Waals surface area contributed by atoms with Crippen LogP contribution in [0.1, 0.15) is 53.2 Å². The van der Waals surface area contributed by atoms with Gasteiger partial charge in [0.1, 0.15) is 11.6 Å². The number of hydrogen-bond donors (Lipinski definition) is 3. The van der Waals surface area contributed by atoms with Gasteiger partial charge in [0, 0.05) is 29.4 Å². The fourth-order valence-electron chi connectivity index (χ4n) is 4.56. The standard InChI is InChI=1S/C25H23F3N6O2/c26-25(27,28)17-9-11-30-20(13-17)32-23(36)16-3-1-15(2-4-16)22-33-21(14-5-7-18(35)8-6-14)19-10-12-31-24(29)34(19)22/h1-4,9-14,18,35H,5-8H2,(H2,29,31)(H,30,32,36). The van der Waals surface area contributed by atoms with E-state index >= 15 is 0 Å². The number of nitrogens with one attached hydrogen (secondary N) is 1. The molecule has 186 valence electrons. The average molecular weight is 496 g/mol. The van der Waals surface area contributed by atoms with Crippen molar-refractivity contribution in [1.82, 2.24) is 19.4 Å². The highest BCUT2D eigenvalue weighted by Gasteiger charge is 2.31. The van der Waals surface area contributed by atoms with E-state index in [-0.39, 0.29) is 29.4 Å². The molecule has 5 rings (SSSR count). The largest absolute Gasteiger partial charge is 0.416 e. The second kappa shape index (κ2) is 9.23. The van der Waals surface area contributed by atoms with Gasteiger partial charge in [-0.1, -0.05) is 12.1 Å². The van der Waals surface area contributed by atoms with Gasteiger partial charge >= 0.3 is 6.18 Å². The molecule has 8 nitrogen and oxygen atoms in total. The first-order valence-corrected chi connectivity index (χ1v) is 11.5. The lowest BCUT2D eigenvalue weighted by Gasteiger charge is -2.24. The van der Waals surface area contributed by atoms with Crippen LogP contribution in [0.3, 0.4) is 0 Å². The van der Waals surface area contributed by atoms with Gasteiger partial charge in [-0.05, 0) is 56.0 Å². The van der Waals surface area contributed by atoms with Gasteiger partial charge in [-0.2, -0.15) is 13.2 Å². The molecule has 0 radical (unpaired) electrons. The van der Waals surface area contributed by atoms with Crippen LogP contribution >= 0.6 is 0 Å². The van der Waals surface area contributed by atoms with Crippen molar-refractivity contribution in [2.75, 3.05) is 11.1 Å². The summed E-state index contributed by atoms with van der Waals surface area (Å²) in [6, 6.07) is 9.99. The van der Waals surface area contributed by atoms with E-state index in [1.807, 2.05) is 6.07 Å². The minimum atomic E-state index is -4.54. The zero-order valence-corrected chi connectivity index (χ0v) is 19.0. The van der Waals surface area contributed by atoms with E-state index in [0.29, 0.717) is 24.2 Å². The van der Waals surface area contributed by atoms with E-state index in [0.717, 1.165) is 42.4 Å². The van der Waals surface area contributed by atoms with Crippen LogP contribution in [0.5, 0.6) is 0 Å². The number of aliphatic hydroxyl groups is 1. The Kier molecular flexibility index (Phi) is 6.09. The van der Waals surface area contributed by atoms with Crippen molar-refractivity contribution < 1.29 is 23.1 Å². The number of nitrogens with two attached hydrogens (primary N) is 1. The highest BCUT2D eigenvalue weighted by atomic mass is 19.4. The summed E-state index contributed by atoms with van der Waals surface area (Å²) < 4.78 is 40.6. The average Bonchev–Trinajstić information content (AvgIpc) is 3.25. The molecule has 0 aliphatic heterocycles. The van der Waals surface area contributed by atoms with E-state index in [1.54, 1.807) is 34.9 Å². The molecular weight excluding hydrogens is 473 g/mol. The van der Waals surface area contributed by atoms with Crippen molar-refractivity contribution in [3.05, 3.63) is 71.7 Å². The number of halogens is 3. The molecule has 1 aromatic carbocycles. The number of benzene rings is 1. The lowest BCUT2D eigenvalue weighted by molar-refractivity contribution is -0.137. The second-order valence-corrected chi connectivity index (χ2v) is 8.81. The van der Waals surface area contributed by atoms with Crippen LogP contribution < -0.4 is 11.1 Å². The summed E-state index contributed by atoms with van der Waals surface area (Å²) in [5.41, 5.74) is 7.96.